The van der Waals surface area contributed by atoms with Gasteiger partial charge in [0.15, 0.2) is 6.10 Å². The number of rotatable bonds is 5. The zero-order valence-corrected chi connectivity index (χ0v) is 9.89. The predicted octanol–water partition coefficient (Wildman–Crippen LogP) is 0.512. The summed E-state index contributed by atoms with van der Waals surface area (Å²) in [6, 6.07) is 9.02. The van der Waals surface area contributed by atoms with Crippen LogP contribution >= 0.6 is 12.2 Å². The summed E-state index contributed by atoms with van der Waals surface area (Å²) in [5, 5.41) is 9.36. The summed E-state index contributed by atoms with van der Waals surface area (Å²) < 4.78 is 4.83. The molecule has 92 valence electrons. The summed E-state index contributed by atoms with van der Waals surface area (Å²) >= 11 is 4.81. The molecule has 1 rings (SSSR count). The lowest BCUT2D eigenvalue weighted by molar-refractivity contribution is 0.107. The lowest BCUT2D eigenvalue weighted by Crippen LogP contribution is -2.39. The molecule has 1 aromatic carbocycles. The van der Waals surface area contributed by atoms with E-state index < -0.39 is 18.1 Å². The highest BCUT2D eigenvalue weighted by Crippen LogP contribution is 2.21. The molecule has 1 amide bonds. The van der Waals surface area contributed by atoms with Crippen LogP contribution in [0.25, 0.3) is 0 Å². The highest BCUT2D eigenvalue weighted by atomic mass is 32.1. The molecule has 6 heteroatoms. The second kappa shape index (κ2) is 6.17. The second-order valence-corrected chi connectivity index (χ2v) is 3.93. The van der Waals surface area contributed by atoms with Crippen LogP contribution in [-0.4, -0.2) is 28.9 Å². The van der Waals surface area contributed by atoms with Crippen LogP contribution in [0.15, 0.2) is 30.3 Å². The smallest absolute Gasteiger partial charge is 0.405 e. The Morgan fingerprint density at radius 2 is 1.94 bits per heavy atom. The van der Waals surface area contributed by atoms with Crippen molar-refractivity contribution in [2.75, 3.05) is 6.61 Å². The van der Waals surface area contributed by atoms with Gasteiger partial charge in [-0.1, -0.05) is 42.5 Å². The Morgan fingerprint density at radius 3 is 2.35 bits per heavy atom. The normalized spacial score (nSPS) is 13.7. The summed E-state index contributed by atoms with van der Waals surface area (Å²) in [5.41, 5.74) is 11.2. The molecule has 0 bridgehead atoms. The highest BCUT2D eigenvalue weighted by molar-refractivity contribution is 7.80. The molecule has 0 fully saturated rings. The zero-order chi connectivity index (χ0) is 12.8. The van der Waals surface area contributed by atoms with Crippen LogP contribution in [0.1, 0.15) is 11.5 Å². The van der Waals surface area contributed by atoms with Crippen LogP contribution in [0.2, 0.25) is 0 Å². The second-order valence-electron chi connectivity index (χ2n) is 3.46. The van der Waals surface area contributed by atoms with E-state index >= 15 is 0 Å². The van der Waals surface area contributed by atoms with Crippen LogP contribution in [0.5, 0.6) is 0 Å². The maximum atomic E-state index is 10.8. The first-order valence-electron chi connectivity index (χ1n) is 4.97. The van der Waals surface area contributed by atoms with Crippen molar-refractivity contribution in [3.05, 3.63) is 35.9 Å². The number of thiocarbonyl (C=S) groups is 1. The van der Waals surface area contributed by atoms with Gasteiger partial charge in [-0.15, -0.1) is 0 Å². The van der Waals surface area contributed by atoms with Crippen molar-refractivity contribution >= 4 is 23.3 Å². The Balaban J connectivity index is 2.97. The van der Waals surface area contributed by atoms with E-state index in [2.05, 4.69) is 0 Å². The molecule has 1 aromatic rings. The number of aliphatic hydroxyl groups excluding tert-OH is 1. The average molecular weight is 254 g/mol. The molecule has 5 nitrogen and oxygen atoms in total. The molecule has 5 N–H and O–H groups in total. The molecule has 0 aliphatic rings. The predicted molar refractivity (Wildman–Crippen MR) is 67.5 cm³/mol. The minimum atomic E-state index is -0.975. The van der Waals surface area contributed by atoms with Crippen LogP contribution < -0.4 is 11.5 Å². The van der Waals surface area contributed by atoms with E-state index in [-0.39, 0.29) is 11.6 Å². The first-order chi connectivity index (χ1) is 8.06. The lowest BCUT2D eigenvalue weighted by Gasteiger charge is -2.24. The molecule has 0 heterocycles. The Labute approximate surface area is 104 Å². The molecule has 0 aliphatic heterocycles. The first kappa shape index (κ1) is 13.4. The molecule has 0 aliphatic carbocycles. The molecule has 17 heavy (non-hydrogen) atoms. The molecular formula is C11H14N2O3S. The fourth-order valence-corrected chi connectivity index (χ4v) is 1.75. The number of carbonyl (C=O) groups excluding carboxylic acids is 1. The Kier molecular flexibility index (Phi) is 4.86. The third-order valence-corrected chi connectivity index (χ3v) is 2.55. The van der Waals surface area contributed by atoms with E-state index in [9.17, 15) is 9.90 Å². The fraction of sp³-hybridized carbons (Fsp3) is 0.273. The van der Waals surface area contributed by atoms with Crippen molar-refractivity contribution in [1.82, 2.24) is 0 Å². The van der Waals surface area contributed by atoms with Gasteiger partial charge in [0.2, 0.25) is 0 Å². The molecule has 2 atom stereocenters. The number of amides is 1. The first-order valence-corrected chi connectivity index (χ1v) is 5.38. The molecule has 0 radical (unpaired) electrons. The Bertz CT molecular complexity index is 397. The molecule has 1 unspecified atom stereocenters. The quantitative estimate of drug-likeness (QED) is 0.665. The van der Waals surface area contributed by atoms with E-state index in [0.717, 1.165) is 5.56 Å². The van der Waals surface area contributed by atoms with Crippen LogP contribution in [-0.2, 0) is 4.74 Å². The maximum absolute atomic E-state index is 10.8. The standard InChI is InChI=1S/C11H14N2O3S/c12-10(17)9(16-11(13)15)8(6-14)7-4-2-1-3-5-7/h1-5,8-9,14H,6H2,(H2,12,17)(H2,13,15)/t8?,9-/m1/s1. The summed E-state index contributed by atoms with van der Waals surface area (Å²) in [6.07, 6.45) is -1.88. The summed E-state index contributed by atoms with van der Waals surface area (Å²) in [6.45, 7) is -0.251. The van der Waals surface area contributed by atoms with Crippen LogP contribution in [0.3, 0.4) is 0 Å². The number of ether oxygens (including phenoxy) is 1. The third kappa shape index (κ3) is 3.69. The van der Waals surface area contributed by atoms with Gasteiger partial charge in [0, 0.05) is 0 Å². The summed E-state index contributed by atoms with van der Waals surface area (Å²) in [4.78, 5) is 10.7. The van der Waals surface area contributed by atoms with E-state index in [1.165, 1.54) is 0 Å². The van der Waals surface area contributed by atoms with Gasteiger partial charge in [-0.05, 0) is 5.56 Å². The Morgan fingerprint density at radius 1 is 1.35 bits per heavy atom. The van der Waals surface area contributed by atoms with E-state index in [4.69, 9.17) is 28.4 Å². The SMILES string of the molecule is NC(=O)O[C@@H](C(N)=S)C(CO)c1ccccc1. The van der Waals surface area contributed by atoms with Gasteiger partial charge in [0.1, 0.15) is 4.99 Å². The van der Waals surface area contributed by atoms with Gasteiger partial charge < -0.3 is 21.3 Å². The third-order valence-electron chi connectivity index (χ3n) is 2.31. The van der Waals surface area contributed by atoms with Gasteiger partial charge in [0.25, 0.3) is 0 Å². The fourth-order valence-electron chi connectivity index (χ4n) is 1.54. The molecular weight excluding hydrogens is 240 g/mol. The average Bonchev–Trinajstić information content (AvgIpc) is 2.29. The van der Waals surface area contributed by atoms with E-state index in [1.807, 2.05) is 6.07 Å². The van der Waals surface area contributed by atoms with Crippen LogP contribution in [0.4, 0.5) is 4.79 Å². The lowest BCUT2D eigenvalue weighted by atomic mass is 9.94. The monoisotopic (exact) mass is 254 g/mol. The molecule has 0 spiro atoms. The summed E-state index contributed by atoms with van der Waals surface area (Å²) in [7, 11) is 0. The van der Waals surface area contributed by atoms with E-state index in [0.29, 0.717) is 0 Å². The van der Waals surface area contributed by atoms with Crippen LogP contribution in [0, 0.1) is 0 Å². The van der Waals surface area contributed by atoms with E-state index in [1.54, 1.807) is 24.3 Å². The topological polar surface area (TPSA) is 98.6 Å². The minimum absolute atomic E-state index is 0.0216. The van der Waals surface area contributed by atoms with Crippen molar-refractivity contribution < 1.29 is 14.6 Å². The largest absolute Gasteiger partial charge is 0.438 e. The van der Waals surface area contributed by atoms with Gasteiger partial charge in [-0.3, -0.25) is 0 Å². The highest BCUT2D eigenvalue weighted by Gasteiger charge is 2.28. The van der Waals surface area contributed by atoms with Gasteiger partial charge in [-0.2, -0.15) is 0 Å². The number of primary amides is 1. The number of hydrogen-bond donors (Lipinski definition) is 3. The molecule has 0 saturated heterocycles. The number of nitrogens with two attached hydrogens (primary N) is 2. The van der Waals surface area contributed by atoms with Gasteiger partial charge in [0.05, 0.1) is 12.5 Å². The number of hydrogen-bond acceptors (Lipinski definition) is 4. The van der Waals surface area contributed by atoms with Crippen molar-refractivity contribution in [2.45, 2.75) is 12.0 Å². The number of carbonyl (C=O) groups is 1. The van der Waals surface area contributed by atoms with Gasteiger partial charge in [-0.25, -0.2) is 4.79 Å². The van der Waals surface area contributed by atoms with Crippen molar-refractivity contribution in [3.63, 3.8) is 0 Å². The van der Waals surface area contributed by atoms with Crippen molar-refractivity contribution in [2.24, 2.45) is 11.5 Å². The minimum Gasteiger partial charge on any atom is -0.438 e. The summed E-state index contributed by atoms with van der Waals surface area (Å²) in [5.74, 6) is -0.513. The number of aliphatic hydroxyl groups is 1. The number of benzene rings is 1. The molecule has 0 saturated carbocycles. The Hall–Kier alpha value is -1.66. The molecule has 0 aromatic heterocycles. The maximum Gasteiger partial charge on any atom is 0.405 e. The zero-order valence-electron chi connectivity index (χ0n) is 9.08. The van der Waals surface area contributed by atoms with Gasteiger partial charge >= 0.3 is 6.09 Å². The van der Waals surface area contributed by atoms with Crippen molar-refractivity contribution in [1.29, 1.82) is 0 Å². The van der Waals surface area contributed by atoms with Crippen molar-refractivity contribution in [3.8, 4) is 0 Å².